The summed E-state index contributed by atoms with van der Waals surface area (Å²) in [6.07, 6.45) is 0.915. The minimum Gasteiger partial charge on any atom is -0.279 e. The Morgan fingerprint density at radius 1 is 1.04 bits per heavy atom. The van der Waals surface area contributed by atoms with Gasteiger partial charge in [-0.15, -0.1) is 0 Å². The Bertz CT molecular complexity index is 1120. The molecule has 3 nitrogen and oxygen atoms in total. The molecule has 0 N–H and O–H groups in total. The molecule has 1 heterocycles. The van der Waals surface area contributed by atoms with Gasteiger partial charge in [0.15, 0.2) is 5.13 Å². The number of hydrogen-bond donors (Lipinski definition) is 0. The third kappa shape index (κ3) is 3.86. The highest BCUT2D eigenvalue weighted by Crippen LogP contribution is 2.33. The van der Waals surface area contributed by atoms with E-state index in [2.05, 4.69) is 41.1 Å². The van der Waals surface area contributed by atoms with Crippen molar-refractivity contribution >= 4 is 48.5 Å². The molecule has 0 atom stereocenters. The average Bonchev–Trinajstić information content (AvgIpc) is 3.16. The van der Waals surface area contributed by atoms with E-state index in [1.807, 2.05) is 54.6 Å². The van der Waals surface area contributed by atoms with E-state index < -0.39 is 0 Å². The molecule has 0 bridgehead atoms. The van der Waals surface area contributed by atoms with E-state index in [1.54, 1.807) is 16.2 Å². The van der Waals surface area contributed by atoms with Gasteiger partial charge in [0, 0.05) is 10.0 Å². The number of carbonyl (C=O) groups excluding carboxylic acids is 1. The molecule has 28 heavy (non-hydrogen) atoms. The lowest BCUT2D eigenvalue weighted by molar-refractivity contribution is 0.0985. The lowest BCUT2D eigenvalue weighted by Gasteiger charge is -2.20. The molecular weight excluding hydrogens is 432 g/mol. The molecule has 0 aliphatic carbocycles. The maximum Gasteiger partial charge on any atom is 0.260 e. The molecule has 5 heteroatoms. The summed E-state index contributed by atoms with van der Waals surface area (Å²) in [7, 11) is 0. The van der Waals surface area contributed by atoms with Gasteiger partial charge in [0.1, 0.15) is 0 Å². The van der Waals surface area contributed by atoms with Gasteiger partial charge < -0.3 is 0 Å². The number of amides is 1. The number of nitrogens with zero attached hydrogens (tertiary/aromatic N) is 2. The second-order valence-electron chi connectivity index (χ2n) is 6.50. The first-order valence-corrected chi connectivity index (χ1v) is 10.8. The highest BCUT2D eigenvalue weighted by Gasteiger charge is 2.22. The van der Waals surface area contributed by atoms with Crippen LogP contribution in [0, 0.1) is 0 Å². The second kappa shape index (κ2) is 8.25. The molecule has 0 radical (unpaired) electrons. The van der Waals surface area contributed by atoms with Crippen LogP contribution in [0.2, 0.25) is 0 Å². The molecule has 0 unspecified atom stereocenters. The summed E-state index contributed by atoms with van der Waals surface area (Å²) in [5.74, 6) is -0.0535. The fourth-order valence-electron chi connectivity index (χ4n) is 3.16. The molecule has 4 rings (SSSR count). The van der Waals surface area contributed by atoms with Crippen molar-refractivity contribution in [2.45, 2.75) is 19.9 Å². The largest absolute Gasteiger partial charge is 0.279 e. The van der Waals surface area contributed by atoms with E-state index in [4.69, 9.17) is 4.98 Å². The van der Waals surface area contributed by atoms with Gasteiger partial charge in [-0.3, -0.25) is 9.69 Å². The van der Waals surface area contributed by atoms with Crippen LogP contribution in [0.3, 0.4) is 0 Å². The van der Waals surface area contributed by atoms with Crippen LogP contribution in [0.1, 0.15) is 28.4 Å². The summed E-state index contributed by atoms with van der Waals surface area (Å²) in [5.41, 5.74) is 3.90. The zero-order valence-corrected chi connectivity index (χ0v) is 17.8. The number of thiazole rings is 1. The highest BCUT2D eigenvalue weighted by molar-refractivity contribution is 9.10. The first-order valence-electron chi connectivity index (χ1n) is 9.15. The SMILES string of the molecule is CCc1cccc2sc(N(Cc3ccccc3)C(=O)c3cccc(Br)c3)nc12. The van der Waals surface area contributed by atoms with E-state index >= 15 is 0 Å². The van der Waals surface area contributed by atoms with Gasteiger partial charge >= 0.3 is 0 Å². The van der Waals surface area contributed by atoms with Crippen molar-refractivity contribution in [3.05, 3.63) is 94.0 Å². The maximum atomic E-state index is 13.4. The van der Waals surface area contributed by atoms with Crippen LogP contribution in [0.15, 0.2) is 77.3 Å². The molecular formula is C23H19BrN2OS. The fraction of sp³-hybridized carbons (Fsp3) is 0.130. The van der Waals surface area contributed by atoms with E-state index in [-0.39, 0.29) is 5.91 Å². The van der Waals surface area contributed by atoms with E-state index in [0.717, 1.165) is 31.8 Å². The van der Waals surface area contributed by atoms with Crippen LogP contribution in [0.25, 0.3) is 10.2 Å². The number of anilines is 1. The lowest BCUT2D eigenvalue weighted by Crippen LogP contribution is -2.30. The van der Waals surface area contributed by atoms with Gasteiger partial charge in [-0.1, -0.05) is 82.7 Å². The van der Waals surface area contributed by atoms with Crippen molar-refractivity contribution in [2.75, 3.05) is 4.90 Å². The molecule has 4 aromatic rings. The minimum atomic E-state index is -0.0535. The van der Waals surface area contributed by atoms with E-state index in [0.29, 0.717) is 12.1 Å². The van der Waals surface area contributed by atoms with Crippen molar-refractivity contribution in [3.8, 4) is 0 Å². The highest BCUT2D eigenvalue weighted by atomic mass is 79.9. The van der Waals surface area contributed by atoms with Crippen molar-refractivity contribution in [3.63, 3.8) is 0 Å². The molecule has 0 aliphatic heterocycles. The Hall–Kier alpha value is -2.50. The monoisotopic (exact) mass is 450 g/mol. The van der Waals surface area contributed by atoms with Gasteiger partial charge in [0.05, 0.1) is 16.8 Å². The first-order chi connectivity index (χ1) is 13.7. The summed E-state index contributed by atoms with van der Waals surface area (Å²) in [5, 5.41) is 0.727. The Kier molecular flexibility index (Phi) is 5.55. The van der Waals surface area contributed by atoms with Gasteiger partial charge in [0.25, 0.3) is 5.91 Å². The number of hydrogen-bond acceptors (Lipinski definition) is 3. The molecule has 0 spiro atoms. The Balaban J connectivity index is 1.79. The van der Waals surface area contributed by atoms with Crippen LogP contribution < -0.4 is 4.90 Å². The predicted molar refractivity (Wildman–Crippen MR) is 120 cm³/mol. The van der Waals surface area contributed by atoms with Crippen LogP contribution in [0.5, 0.6) is 0 Å². The van der Waals surface area contributed by atoms with Gasteiger partial charge in [-0.2, -0.15) is 0 Å². The first kappa shape index (κ1) is 18.8. The van der Waals surface area contributed by atoms with Gasteiger partial charge in [0.2, 0.25) is 0 Å². The van der Waals surface area contributed by atoms with E-state index in [9.17, 15) is 4.79 Å². The maximum absolute atomic E-state index is 13.4. The van der Waals surface area contributed by atoms with Gasteiger partial charge in [-0.05, 0) is 41.8 Å². The molecule has 0 saturated heterocycles. The summed E-state index contributed by atoms with van der Waals surface area (Å²) in [6, 6.07) is 23.8. The molecule has 3 aromatic carbocycles. The quantitative estimate of drug-likeness (QED) is 0.349. The molecule has 0 fully saturated rings. The number of benzene rings is 3. The summed E-state index contributed by atoms with van der Waals surface area (Å²) in [4.78, 5) is 20.0. The average molecular weight is 451 g/mol. The number of halogens is 1. The third-order valence-corrected chi connectivity index (χ3v) is 6.14. The molecule has 1 amide bonds. The molecule has 0 aliphatic rings. The molecule has 0 saturated carbocycles. The normalized spacial score (nSPS) is 10.9. The summed E-state index contributed by atoms with van der Waals surface area (Å²) in [6.45, 7) is 2.61. The Labute approximate surface area is 176 Å². The van der Waals surface area contributed by atoms with Crippen molar-refractivity contribution < 1.29 is 4.79 Å². The number of aromatic nitrogens is 1. The number of carbonyl (C=O) groups is 1. The van der Waals surface area contributed by atoms with Crippen molar-refractivity contribution in [1.29, 1.82) is 0 Å². The van der Waals surface area contributed by atoms with Crippen molar-refractivity contribution in [1.82, 2.24) is 4.98 Å². The third-order valence-electron chi connectivity index (χ3n) is 4.60. The predicted octanol–water partition coefficient (Wildman–Crippen LogP) is 6.47. The Morgan fingerprint density at radius 3 is 2.57 bits per heavy atom. The zero-order chi connectivity index (χ0) is 19.5. The van der Waals surface area contributed by atoms with E-state index in [1.165, 1.54) is 5.56 Å². The number of para-hydroxylation sites is 1. The smallest absolute Gasteiger partial charge is 0.260 e. The fourth-order valence-corrected chi connectivity index (χ4v) is 4.57. The molecule has 1 aromatic heterocycles. The number of aryl methyl sites for hydroxylation is 1. The summed E-state index contributed by atoms with van der Waals surface area (Å²) >= 11 is 5.03. The second-order valence-corrected chi connectivity index (χ2v) is 8.43. The van der Waals surface area contributed by atoms with Crippen LogP contribution in [-0.4, -0.2) is 10.9 Å². The molecule has 140 valence electrons. The standard InChI is InChI=1S/C23H19BrN2OS/c1-2-17-10-7-13-20-21(17)25-23(28-20)26(15-16-8-4-3-5-9-16)22(27)18-11-6-12-19(24)14-18/h3-14H,2,15H2,1H3. The zero-order valence-electron chi connectivity index (χ0n) is 15.4. The van der Waals surface area contributed by atoms with Crippen LogP contribution in [0.4, 0.5) is 5.13 Å². The lowest BCUT2D eigenvalue weighted by atomic mass is 10.1. The number of fused-ring (bicyclic) bond motifs is 1. The van der Waals surface area contributed by atoms with Crippen molar-refractivity contribution in [2.24, 2.45) is 0 Å². The van der Waals surface area contributed by atoms with Crippen LogP contribution >= 0.6 is 27.3 Å². The van der Waals surface area contributed by atoms with Crippen LogP contribution in [-0.2, 0) is 13.0 Å². The summed E-state index contributed by atoms with van der Waals surface area (Å²) < 4.78 is 1.99. The minimum absolute atomic E-state index is 0.0535. The number of rotatable bonds is 5. The topological polar surface area (TPSA) is 33.2 Å². The Morgan fingerprint density at radius 2 is 1.82 bits per heavy atom. The van der Waals surface area contributed by atoms with Gasteiger partial charge in [-0.25, -0.2) is 4.98 Å².